The average Bonchev–Trinajstić information content (AvgIpc) is 2.17. The lowest BCUT2D eigenvalue weighted by Crippen LogP contribution is -2.46. The highest BCUT2D eigenvalue weighted by Crippen LogP contribution is 1.88. The van der Waals surface area contributed by atoms with Crippen molar-refractivity contribution in [3.63, 3.8) is 0 Å². The van der Waals surface area contributed by atoms with Crippen LogP contribution in [-0.4, -0.2) is 36.2 Å². The maximum Gasteiger partial charge on any atom is 0.236 e. The Morgan fingerprint density at radius 1 is 1.43 bits per heavy atom. The second kappa shape index (κ2) is 7.76. The molecule has 0 bridgehead atoms. The van der Waals surface area contributed by atoms with Crippen molar-refractivity contribution in [3.8, 4) is 0 Å². The van der Waals surface area contributed by atoms with Gasteiger partial charge in [-0.3, -0.25) is 4.79 Å². The number of amides is 1. The maximum absolute atomic E-state index is 11.4. The highest BCUT2D eigenvalue weighted by Gasteiger charge is 2.13. The van der Waals surface area contributed by atoms with Crippen LogP contribution < -0.4 is 10.6 Å². The van der Waals surface area contributed by atoms with Gasteiger partial charge < -0.3 is 15.7 Å². The second-order valence-corrected chi connectivity index (χ2v) is 3.62. The van der Waals surface area contributed by atoms with Crippen LogP contribution >= 0.6 is 0 Å². The fourth-order valence-corrected chi connectivity index (χ4v) is 1.10. The molecule has 1 amide bonds. The Kier molecular flexibility index (Phi) is 7.42. The predicted octanol–water partition coefficient (Wildman–Crippen LogP) is 0.262. The van der Waals surface area contributed by atoms with Crippen molar-refractivity contribution in [3.05, 3.63) is 0 Å². The van der Waals surface area contributed by atoms with Gasteiger partial charge in [0.2, 0.25) is 5.91 Å². The molecule has 0 aromatic heterocycles. The summed E-state index contributed by atoms with van der Waals surface area (Å²) in [4.78, 5) is 11.4. The summed E-state index contributed by atoms with van der Waals surface area (Å²) in [6, 6.07) is -0.282. The van der Waals surface area contributed by atoms with Gasteiger partial charge in [-0.25, -0.2) is 0 Å². The summed E-state index contributed by atoms with van der Waals surface area (Å²) in [7, 11) is 0. The summed E-state index contributed by atoms with van der Waals surface area (Å²) in [5.74, 6) is -0.00116. The summed E-state index contributed by atoms with van der Waals surface area (Å²) in [6.45, 7) is 6.51. The summed E-state index contributed by atoms with van der Waals surface area (Å²) >= 11 is 0. The minimum Gasteiger partial charge on any atom is -0.395 e. The standard InChI is InChI=1S/C10H22N2O2/c1-4-5-6-11-10(14)9(3)12-8(2)7-13/h8-9,12-13H,4-7H2,1-3H3,(H,11,14). The Hall–Kier alpha value is -0.610. The molecule has 4 nitrogen and oxygen atoms in total. The molecular formula is C10H22N2O2. The molecule has 0 radical (unpaired) electrons. The van der Waals surface area contributed by atoms with Crippen molar-refractivity contribution in [1.82, 2.24) is 10.6 Å². The summed E-state index contributed by atoms with van der Waals surface area (Å²) < 4.78 is 0. The van der Waals surface area contributed by atoms with E-state index in [9.17, 15) is 4.79 Å². The van der Waals surface area contributed by atoms with Gasteiger partial charge in [0.05, 0.1) is 12.6 Å². The SMILES string of the molecule is CCCCNC(=O)C(C)NC(C)CO. The second-order valence-electron chi connectivity index (χ2n) is 3.62. The molecule has 0 aromatic rings. The third-order valence-corrected chi connectivity index (χ3v) is 2.03. The van der Waals surface area contributed by atoms with Gasteiger partial charge >= 0.3 is 0 Å². The molecule has 0 saturated carbocycles. The molecule has 3 N–H and O–H groups in total. The van der Waals surface area contributed by atoms with Crippen molar-refractivity contribution >= 4 is 5.91 Å². The zero-order valence-corrected chi connectivity index (χ0v) is 9.34. The Labute approximate surface area is 86.1 Å². The van der Waals surface area contributed by atoms with E-state index in [4.69, 9.17) is 5.11 Å². The molecule has 0 aliphatic heterocycles. The van der Waals surface area contributed by atoms with Crippen LogP contribution in [0.3, 0.4) is 0 Å². The van der Waals surface area contributed by atoms with Gasteiger partial charge in [-0.2, -0.15) is 0 Å². The molecule has 0 aliphatic carbocycles. The van der Waals surface area contributed by atoms with Crippen LogP contribution in [0.4, 0.5) is 0 Å². The van der Waals surface area contributed by atoms with Gasteiger partial charge in [-0.15, -0.1) is 0 Å². The average molecular weight is 202 g/mol. The fourth-order valence-electron chi connectivity index (χ4n) is 1.10. The van der Waals surface area contributed by atoms with Crippen LogP contribution in [0.2, 0.25) is 0 Å². The van der Waals surface area contributed by atoms with Crippen LogP contribution in [0.15, 0.2) is 0 Å². The molecule has 0 aliphatic rings. The number of unbranched alkanes of at least 4 members (excludes halogenated alkanes) is 1. The third kappa shape index (κ3) is 5.94. The third-order valence-electron chi connectivity index (χ3n) is 2.03. The lowest BCUT2D eigenvalue weighted by Gasteiger charge is -2.17. The van der Waals surface area contributed by atoms with E-state index in [1.54, 1.807) is 6.92 Å². The highest BCUT2D eigenvalue weighted by atomic mass is 16.3. The molecule has 2 unspecified atom stereocenters. The quantitative estimate of drug-likeness (QED) is 0.519. The van der Waals surface area contributed by atoms with Gasteiger partial charge in [0, 0.05) is 12.6 Å². The minimum absolute atomic E-state index is 0.00116. The number of nitrogens with one attached hydrogen (secondary N) is 2. The fraction of sp³-hybridized carbons (Fsp3) is 0.900. The van der Waals surface area contributed by atoms with Crippen molar-refractivity contribution in [2.24, 2.45) is 0 Å². The molecule has 0 heterocycles. The Balaban J connectivity index is 3.64. The Morgan fingerprint density at radius 2 is 2.07 bits per heavy atom. The molecule has 0 fully saturated rings. The van der Waals surface area contributed by atoms with Gasteiger partial charge in [0.1, 0.15) is 0 Å². The number of carbonyl (C=O) groups is 1. The van der Waals surface area contributed by atoms with Gasteiger partial charge in [-0.05, 0) is 20.3 Å². The summed E-state index contributed by atoms with van der Waals surface area (Å²) in [6.07, 6.45) is 2.09. The smallest absolute Gasteiger partial charge is 0.236 e. The first-order valence-corrected chi connectivity index (χ1v) is 5.26. The van der Waals surface area contributed by atoms with E-state index < -0.39 is 0 Å². The summed E-state index contributed by atoms with van der Waals surface area (Å²) in [5.41, 5.74) is 0. The van der Waals surface area contributed by atoms with E-state index >= 15 is 0 Å². The zero-order valence-electron chi connectivity index (χ0n) is 9.34. The number of carbonyl (C=O) groups excluding carboxylic acids is 1. The van der Waals surface area contributed by atoms with E-state index in [2.05, 4.69) is 17.6 Å². The van der Waals surface area contributed by atoms with Gasteiger partial charge in [0.15, 0.2) is 0 Å². The van der Waals surface area contributed by atoms with Crippen LogP contribution in [-0.2, 0) is 4.79 Å². The number of aliphatic hydroxyl groups excluding tert-OH is 1. The normalized spacial score (nSPS) is 14.9. The van der Waals surface area contributed by atoms with Crippen LogP contribution in [0.1, 0.15) is 33.6 Å². The van der Waals surface area contributed by atoms with Crippen molar-refractivity contribution < 1.29 is 9.90 Å². The minimum atomic E-state index is -0.242. The van der Waals surface area contributed by atoms with Crippen molar-refractivity contribution in [2.45, 2.75) is 45.7 Å². The molecule has 0 aromatic carbocycles. The molecule has 0 rings (SSSR count). The van der Waals surface area contributed by atoms with Gasteiger partial charge in [0.25, 0.3) is 0 Å². The van der Waals surface area contributed by atoms with E-state index in [1.165, 1.54) is 0 Å². The van der Waals surface area contributed by atoms with Crippen LogP contribution in [0.25, 0.3) is 0 Å². The van der Waals surface area contributed by atoms with E-state index in [-0.39, 0.29) is 24.6 Å². The Bertz CT molecular complexity index is 162. The maximum atomic E-state index is 11.4. The monoisotopic (exact) mass is 202 g/mol. The lowest BCUT2D eigenvalue weighted by molar-refractivity contribution is -0.122. The van der Waals surface area contributed by atoms with E-state index in [0.717, 1.165) is 19.4 Å². The molecule has 14 heavy (non-hydrogen) atoms. The largest absolute Gasteiger partial charge is 0.395 e. The summed E-state index contributed by atoms with van der Waals surface area (Å²) in [5, 5.41) is 14.6. The predicted molar refractivity (Wildman–Crippen MR) is 57.1 cm³/mol. The van der Waals surface area contributed by atoms with Crippen molar-refractivity contribution in [1.29, 1.82) is 0 Å². The first-order chi connectivity index (χ1) is 6.61. The number of rotatable bonds is 7. The van der Waals surface area contributed by atoms with E-state index in [1.807, 2.05) is 6.92 Å². The zero-order chi connectivity index (χ0) is 11.0. The molecule has 84 valence electrons. The molecule has 0 saturated heterocycles. The number of aliphatic hydroxyl groups is 1. The highest BCUT2D eigenvalue weighted by molar-refractivity contribution is 5.81. The van der Waals surface area contributed by atoms with Gasteiger partial charge in [-0.1, -0.05) is 13.3 Å². The first-order valence-electron chi connectivity index (χ1n) is 5.26. The lowest BCUT2D eigenvalue weighted by atomic mass is 10.2. The first kappa shape index (κ1) is 13.4. The molecule has 2 atom stereocenters. The van der Waals surface area contributed by atoms with Crippen LogP contribution in [0, 0.1) is 0 Å². The topological polar surface area (TPSA) is 61.4 Å². The molecular weight excluding hydrogens is 180 g/mol. The van der Waals surface area contributed by atoms with E-state index in [0.29, 0.717) is 0 Å². The Morgan fingerprint density at radius 3 is 2.57 bits per heavy atom. The molecule has 0 spiro atoms. The van der Waals surface area contributed by atoms with Crippen molar-refractivity contribution in [2.75, 3.05) is 13.2 Å². The van der Waals surface area contributed by atoms with Crippen LogP contribution in [0.5, 0.6) is 0 Å². The number of hydrogen-bond acceptors (Lipinski definition) is 3. The molecule has 4 heteroatoms. The number of hydrogen-bond donors (Lipinski definition) is 3.